The second-order valence-electron chi connectivity index (χ2n) is 4.49. The Bertz CT molecular complexity index is 654. The van der Waals surface area contributed by atoms with Gasteiger partial charge >= 0.3 is 6.36 Å². The Morgan fingerprint density at radius 2 is 1.86 bits per heavy atom. The van der Waals surface area contributed by atoms with Crippen molar-refractivity contribution in [1.29, 1.82) is 0 Å². The highest BCUT2D eigenvalue weighted by atomic mass is 19.4. The maximum absolute atomic E-state index is 12.1. The van der Waals surface area contributed by atoms with E-state index in [4.69, 9.17) is 4.84 Å². The summed E-state index contributed by atoms with van der Waals surface area (Å²) in [5.41, 5.74) is 2.30. The summed E-state index contributed by atoms with van der Waals surface area (Å²) in [4.78, 5) is 5.04. The number of rotatable bonds is 5. The molecule has 6 heteroatoms. The molecule has 0 aliphatic rings. The van der Waals surface area contributed by atoms with E-state index in [9.17, 15) is 13.2 Å². The summed E-state index contributed by atoms with van der Waals surface area (Å²) >= 11 is 0. The van der Waals surface area contributed by atoms with E-state index < -0.39 is 6.36 Å². The Kier molecular flexibility index (Phi) is 5.04. The number of hydrogen-bond acceptors (Lipinski definition) is 3. The SMILES string of the molecule is Cc1ccccc1/[C]=N\OCc1cccc(OC(F)(F)F)c1. The second-order valence-corrected chi connectivity index (χ2v) is 4.49. The zero-order valence-corrected chi connectivity index (χ0v) is 11.7. The van der Waals surface area contributed by atoms with Crippen molar-refractivity contribution in [2.24, 2.45) is 5.16 Å². The molecule has 115 valence electrons. The predicted octanol–water partition coefficient (Wildman–Crippen LogP) is 4.32. The van der Waals surface area contributed by atoms with Crippen LogP contribution in [0.25, 0.3) is 0 Å². The minimum absolute atomic E-state index is 0.0218. The second kappa shape index (κ2) is 6.98. The number of aryl methyl sites for hydroxylation is 1. The van der Waals surface area contributed by atoms with Crippen molar-refractivity contribution in [2.75, 3.05) is 0 Å². The first-order chi connectivity index (χ1) is 10.4. The first-order valence-corrected chi connectivity index (χ1v) is 6.42. The Morgan fingerprint density at radius 3 is 2.59 bits per heavy atom. The van der Waals surface area contributed by atoms with E-state index in [1.54, 1.807) is 6.07 Å². The number of halogens is 3. The van der Waals surface area contributed by atoms with Crippen LogP contribution >= 0.6 is 0 Å². The van der Waals surface area contributed by atoms with Gasteiger partial charge in [0.2, 0.25) is 0 Å². The molecule has 0 unspecified atom stereocenters. The highest BCUT2D eigenvalue weighted by molar-refractivity contribution is 5.81. The Labute approximate surface area is 126 Å². The number of hydrogen-bond donors (Lipinski definition) is 0. The summed E-state index contributed by atoms with van der Waals surface area (Å²) in [6.07, 6.45) is -1.98. The van der Waals surface area contributed by atoms with Crippen molar-refractivity contribution in [3.8, 4) is 5.75 Å². The average Bonchev–Trinajstić information content (AvgIpc) is 2.44. The fourth-order valence-electron chi connectivity index (χ4n) is 1.72. The van der Waals surface area contributed by atoms with Crippen LogP contribution in [0.2, 0.25) is 0 Å². The molecule has 2 aromatic rings. The fourth-order valence-corrected chi connectivity index (χ4v) is 1.72. The molecule has 0 fully saturated rings. The number of ether oxygens (including phenoxy) is 1. The van der Waals surface area contributed by atoms with Gasteiger partial charge in [-0.25, -0.2) is 0 Å². The van der Waals surface area contributed by atoms with Crippen LogP contribution in [-0.4, -0.2) is 12.6 Å². The van der Waals surface area contributed by atoms with Crippen LogP contribution in [0.4, 0.5) is 13.2 Å². The standard InChI is InChI=1S/C16H13F3NO2/c1-12-5-2-3-7-14(12)10-20-21-11-13-6-4-8-15(9-13)22-16(17,18)19/h2-9H,11H2,1H3. The van der Waals surface area contributed by atoms with Gasteiger partial charge in [0, 0.05) is 5.56 Å². The van der Waals surface area contributed by atoms with Crippen LogP contribution in [0.5, 0.6) is 5.75 Å². The van der Waals surface area contributed by atoms with Crippen LogP contribution in [0, 0.1) is 6.92 Å². The number of nitrogens with zero attached hydrogens (tertiary/aromatic N) is 1. The van der Waals surface area contributed by atoms with Crippen molar-refractivity contribution in [3.05, 3.63) is 65.2 Å². The zero-order chi connectivity index (χ0) is 16.0. The minimum Gasteiger partial charge on any atom is -0.406 e. The molecule has 0 amide bonds. The van der Waals surface area contributed by atoms with Crippen LogP contribution < -0.4 is 4.74 Å². The van der Waals surface area contributed by atoms with E-state index in [0.29, 0.717) is 5.56 Å². The third kappa shape index (κ3) is 5.12. The maximum atomic E-state index is 12.1. The lowest BCUT2D eigenvalue weighted by molar-refractivity contribution is -0.274. The Balaban J connectivity index is 1.92. The van der Waals surface area contributed by atoms with Crippen LogP contribution in [0.3, 0.4) is 0 Å². The topological polar surface area (TPSA) is 30.8 Å². The summed E-state index contributed by atoms with van der Waals surface area (Å²) in [6.45, 7) is 1.93. The quantitative estimate of drug-likeness (QED) is 0.608. The summed E-state index contributed by atoms with van der Waals surface area (Å²) in [5.74, 6) is -0.291. The molecule has 22 heavy (non-hydrogen) atoms. The highest BCUT2D eigenvalue weighted by Gasteiger charge is 2.31. The molecule has 2 rings (SSSR count). The van der Waals surface area contributed by atoms with Crippen molar-refractivity contribution in [3.63, 3.8) is 0 Å². The molecular formula is C16H13F3NO2. The zero-order valence-electron chi connectivity index (χ0n) is 11.7. The van der Waals surface area contributed by atoms with Gasteiger partial charge in [-0.05, 0) is 30.2 Å². The molecule has 0 N–H and O–H groups in total. The largest absolute Gasteiger partial charge is 0.573 e. The van der Waals surface area contributed by atoms with Crippen molar-refractivity contribution in [2.45, 2.75) is 19.9 Å². The molecule has 0 bridgehead atoms. The smallest absolute Gasteiger partial charge is 0.406 e. The molecule has 0 saturated heterocycles. The fraction of sp³-hybridized carbons (Fsp3) is 0.188. The van der Waals surface area contributed by atoms with Crippen molar-refractivity contribution in [1.82, 2.24) is 0 Å². The van der Waals surface area contributed by atoms with Crippen molar-refractivity contribution >= 4 is 6.21 Å². The molecule has 0 heterocycles. The lowest BCUT2D eigenvalue weighted by atomic mass is 10.1. The minimum atomic E-state index is -4.71. The van der Waals surface area contributed by atoms with Crippen molar-refractivity contribution < 1.29 is 22.7 Å². The van der Waals surface area contributed by atoms with Gasteiger partial charge < -0.3 is 9.57 Å². The highest BCUT2D eigenvalue weighted by Crippen LogP contribution is 2.23. The molecule has 0 atom stereocenters. The van der Waals surface area contributed by atoms with Gasteiger partial charge in [0.25, 0.3) is 0 Å². The van der Waals surface area contributed by atoms with Gasteiger partial charge in [0.05, 0.1) is 0 Å². The number of alkyl halides is 3. The Hall–Kier alpha value is -2.50. The third-order valence-corrected chi connectivity index (χ3v) is 2.74. The van der Waals surface area contributed by atoms with Gasteiger partial charge in [0.15, 0.2) is 0 Å². The molecule has 0 aliphatic heterocycles. The molecule has 2 aromatic carbocycles. The molecule has 3 nitrogen and oxygen atoms in total. The maximum Gasteiger partial charge on any atom is 0.573 e. The average molecular weight is 308 g/mol. The van der Waals surface area contributed by atoms with E-state index in [1.807, 2.05) is 31.2 Å². The van der Waals surface area contributed by atoms with Crippen LogP contribution in [0.1, 0.15) is 16.7 Å². The summed E-state index contributed by atoms with van der Waals surface area (Å²) in [7, 11) is 0. The molecule has 0 saturated carbocycles. The molecule has 0 aromatic heterocycles. The van der Waals surface area contributed by atoms with Crippen LogP contribution in [0.15, 0.2) is 53.7 Å². The van der Waals surface area contributed by atoms with E-state index in [1.165, 1.54) is 18.2 Å². The van der Waals surface area contributed by atoms with E-state index >= 15 is 0 Å². The lowest BCUT2D eigenvalue weighted by Gasteiger charge is -2.09. The first kappa shape index (κ1) is 15.9. The summed E-state index contributed by atoms with van der Waals surface area (Å²) in [6, 6.07) is 13.0. The lowest BCUT2D eigenvalue weighted by Crippen LogP contribution is -2.17. The Morgan fingerprint density at radius 1 is 1.09 bits per heavy atom. The summed E-state index contributed by atoms with van der Waals surface area (Å²) < 4.78 is 40.2. The molecular weight excluding hydrogens is 295 g/mol. The predicted molar refractivity (Wildman–Crippen MR) is 75.6 cm³/mol. The first-order valence-electron chi connectivity index (χ1n) is 6.42. The normalized spacial score (nSPS) is 11.6. The van der Waals surface area contributed by atoms with Gasteiger partial charge in [0.1, 0.15) is 18.6 Å². The molecule has 0 spiro atoms. The van der Waals surface area contributed by atoms with Gasteiger partial charge in [-0.15, -0.1) is 13.2 Å². The van der Waals surface area contributed by atoms with E-state index in [-0.39, 0.29) is 12.4 Å². The molecule has 1 radical (unpaired) electrons. The van der Waals surface area contributed by atoms with Gasteiger partial charge in [-0.3, -0.25) is 0 Å². The van der Waals surface area contributed by atoms with E-state index in [2.05, 4.69) is 16.1 Å². The van der Waals surface area contributed by atoms with Gasteiger partial charge in [-0.2, -0.15) is 0 Å². The third-order valence-electron chi connectivity index (χ3n) is 2.74. The molecule has 0 aliphatic carbocycles. The summed E-state index contributed by atoms with van der Waals surface area (Å²) in [5, 5.41) is 3.69. The number of benzene rings is 2. The van der Waals surface area contributed by atoms with E-state index in [0.717, 1.165) is 11.1 Å². The monoisotopic (exact) mass is 308 g/mol. The van der Waals surface area contributed by atoms with Crippen LogP contribution in [-0.2, 0) is 11.4 Å². The van der Waals surface area contributed by atoms with Gasteiger partial charge in [-0.1, -0.05) is 41.6 Å².